The van der Waals surface area contributed by atoms with Gasteiger partial charge in [0, 0.05) is 6.07 Å². The largest absolute Gasteiger partial charge is 0.493 e. The Balaban J connectivity index is 1.96. The van der Waals surface area contributed by atoms with Crippen LogP contribution in [0, 0.1) is 6.92 Å². The van der Waals surface area contributed by atoms with Crippen LogP contribution in [0.15, 0.2) is 18.2 Å². The van der Waals surface area contributed by atoms with E-state index >= 15 is 0 Å². The summed E-state index contributed by atoms with van der Waals surface area (Å²) >= 11 is 0. The molecule has 0 heterocycles. The van der Waals surface area contributed by atoms with Gasteiger partial charge in [0.1, 0.15) is 11.5 Å². The number of rotatable bonds is 49. The number of ether oxygens (including phenoxy) is 2. The Morgan fingerprint density at radius 1 is 0.293 bits per heavy atom. The summed E-state index contributed by atoms with van der Waals surface area (Å²) in [4.78, 5) is 0. The zero-order valence-electron chi connectivity index (χ0n) is 40.0. The van der Waals surface area contributed by atoms with E-state index in [1.165, 1.54) is 262 Å². The normalized spacial score (nSPS) is 11.5. The van der Waals surface area contributed by atoms with Crippen molar-refractivity contribution in [2.75, 3.05) is 13.2 Å². The zero-order chi connectivity index (χ0) is 41.5. The number of hydrogen-bond acceptors (Lipinski definition) is 2. The zero-order valence-corrected chi connectivity index (χ0v) is 40.0. The molecule has 0 aliphatic rings. The van der Waals surface area contributed by atoms with Crippen LogP contribution in [-0.2, 0) is 6.42 Å². The molecule has 0 aliphatic carbocycles. The molecule has 0 saturated carbocycles. The Hall–Kier alpha value is -1.18. The van der Waals surface area contributed by atoms with Crippen molar-refractivity contribution in [3.63, 3.8) is 0 Å². The topological polar surface area (TPSA) is 18.5 Å². The predicted octanol–water partition coefficient (Wildman–Crippen LogP) is 20.0. The van der Waals surface area contributed by atoms with E-state index in [1.807, 2.05) is 0 Å². The van der Waals surface area contributed by atoms with Crippen LogP contribution in [0.5, 0.6) is 11.5 Å². The first-order chi connectivity index (χ1) is 28.8. The summed E-state index contributed by atoms with van der Waals surface area (Å²) in [7, 11) is 0. The van der Waals surface area contributed by atoms with Gasteiger partial charge in [-0.1, -0.05) is 284 Å². The third kappa shape index (κ3) is 40.2. The van der Waals surface area contributed by atoms with E-state index in [9.17, 15) is 0 Å². The van der Waals surface area contributed by atoms with Crippen LogP contribution in [0.2, 0.25) is 0 Å². The van der Waals surface area contributed by atoms with Gasteiger partial charge in [0.25, 0.3) is 0 Å². The molecule has 0 N–H and O–H groups in total. The number of benzene rings is 1. The van der Waals surface area contributed by atoms with Gasteiger partial charge in [-0.3, -0.25) is 0 Å². The Kier molecular flexibility index (Phi) is 44.3. The van der Waals surface area contributed by atoms with Gasteiger partial charge in [-0.05, 0) is 43.4 Å². The van der Waals surface area contributed by atoms with Crippen LogP contribution in [-0.4, -0.2) is 13.2 Å². The lowest BCUT2D eigenvalue weighted by atomic mass is 10.0. The average molecular weight is 810 g/mol. The first-order valence-corrected chi connectivity index (χ1v) is 27.0. The third-order valence-corrected chi connectivity index (χ3v) is 12.7. The smallest absolute Gasteiger partial charge is 0.123 e. The second-order valence-electron chi connectivity index (χ2n) is 18.6. The average Bonchev–Trinajstić information content (AvgIpc) is 3.23. The van der Waals surface area contributed by atoms with Crippen LogP contribution >= 0.6 is 0 Å². The second-order valence-corrected chi connectivity index (χ2v) is 18.6. The van der Waals surface area contributed by atoms with Gasteiger partial charge in [0.2, 0.25) is 0 Å². The van der Waals surface area contributed by atoms with Crippen molar-refractivity contribution in [1.29, 1.82) is 0 Å². The quantitative estimate of drug-likeness (QED) is 0.0611. The molecule has 0 aromatic heterocycles. The fourth-order valence-electron chi connectivity index (χ4n) is 8.72. The Morgan fingerprint density at radius 2 is 0.517 bits per heavy atom. The molecular formula is C56H105O2. The summed E-state index contributed by atoms with van der Waals surface area (Å²) in [6, 6.07) is 6.60. The van der Waals surface area contributed by atoms with Gasteiger partial charge in [0.15, 0.2) is 0 Å². The Bertz CT molecular complexity index is 844. The number of hydrogen-bond donors (Lipinski definition) is 0. The predicted molar refractivity (Wildman–Crippen MR) is 261 cm³/mol. The standard InChI is InChI=1S/C56H105O2/c1-4-7-10-12-14-16-18-20-22-24-26-28-30-32-34-36-38-40-42-44-46-49-57-55-51-54(48-9-6-3)52-56(53-55)58-50-47-45-43-41-39-37-35-33-31-29-27-25-23-21-19-17-15-13-11-8-5-2/h51-53H,3-50H2,1-2H3. The lowest BCUT2D eigenvalue weighted by molar-refractivity contribution is 0.289. The van der Waals surface area contributed by atoms with Gasteiger partial charge in [-0.2, -0.15) is 0 Å². The van der Waals surface area contributed by atoms with Crippen molar-refractivity contribution >= 4 is 0 Å². The second kappa shape index (κ2) is 46.9. The summed E-state index contributed by atoms with van der Waals surface area (Å²) in [6.07, 6.45) is 62.8. The van der Waals surface area contributed by atoms with E-state index in [0.29, 0.717) is 0 Å². The monoisotopic (exact) mass is 810 g/mol. The fourth-order valence-corrected chi connectivity index (χ4v) is 8.72. The molecule has 341 valence electrons. The lowest BCUT2D eigenvalue weighted by Crippen LogP contribution is -2.01. The first-order valence-electron chi connectivity index (χ1n) is 27.0. The summed E-state index contributed by atoms with van der Waals surface area (Å²) < 4.78 is 12.5. The minimum absolute atomic E-state index is 0.816. The highest BCUT2D eigenvalue weighted by atomic mass is 16.5. The molecule has 0 spiro atoms. The van der Waals surface area contributed by atoms with Gasteiger partial charge < -0.3 is 9.47 Å². The molecular weight excluding hydrogens is 705 g/mol. The summed E-state index contributed by atoms with van der Waals surface area (Å²) in [5.74, 6) is 1.98. The molecule has 0 amide bonds. The molecule has 0 fully saturated rings. The third-order valence-electron chi connectivity index (χ3n) is 12.7. The van der Waals surface area contributed by atoms with Crippen LogP contribution < -0.4 is 9.47 Å². The highest BCUT2D eigenvalue weighted by molar-refractivity contribution is 5.38. The van der Waals surface area contributed by atoms with E-state index in [4.69, 9.17) is 9.47 Å². The molecule has 1 radical (unpaired) electrons. The van der Waals surface area contributed by atoms with Crippen molar-refractivity contribution in [2.24, 2.45) is 0 Å². The maximum Gasteiger partial charge on any atom is 0.123 e. The maximum absolute atomic E-state index is 6.26. The maximum atomic E-state index is 6.26. The summed E-state index contributed by atoms with van der Waals surface area (Å²) in [6.45, 7) is 10.3. The Morgan fingerprint density at radius 3 is 0.741 bits per heavy atom. The van der Waals surface area contributed by atoms with E-state index in [2.05, 4.69) is 39.0 Å². The van der Waals surface area contributed by atoms with E-state index in [0.717, 1.165) is 56.8 Å². The van der Waals surface area contributed by atoms with Gasteiger partial charge in [-0.25, -0.2) is 0 Å². The number of aryl methyl sites for hydroxylation is 1. The molecule has 2 nitrogen and oxygen atoms in total. The van der Waals surface area contributed by atoms with E-state index in [-0.39, 0.29) is 0 Å². The van der Waals surface area contributed by atoms with Crippen LogP contribution in [0.1, 0.15) is 302 Å². The van der Waals surface area contributed by atoms with Crippen LogP contribution in [0.25, 0.3) is 0 Å². The van der Waals surface area contributed by atoms with Gasteiger partial charge in [0.05, 0.1) is 13.2 Å². The molecule has 0 bridgehead atoms. The lowest BCUT2D eigenvalue weighted by Gasteiger charge is -2.13. The minimum atomic E-state index is 0.816. The molecule has 1 aromatic carbocycles. The first kappa shape index (κ1) is 54.8. The highest BCUT2D eigenvalue weighted by Crippen LogP contribution is 2.25. The van der Waals surface area contributed by atoms with Crippen molar-refractivity contribution in [3.8, 4) is 11.5 Å². The van der Waals surface area contributed by atoms with Crippen molar-refractivity contribution < 1.29 is 9.47 Å². The molecule has 1 rings (SSSR count). The van der Waals surface area contributed by atoms with Crippen LogP contribution in [0.4, 0.5) is 0 Å². The molecule has 2 heteroatoms. The van der Waals surface area contributed by atoms with Crippen molar-refractivity contribution in [3.05, 3.63) is 30.7 Å². The summed E-state index contributed by atoms with van der Waals surface area (Å²) in [5, 5.41) is 0. The summed E-state index contributed by atoms with van der Waals surface area (Å²) in [5.41, 5.74) is 1.33. The molecule has 0 aliphatic heterocycles. The number of unbranched alkanes of at least 4 members (excludes halogenated alkanes) is 41. The van der Waals surface area contributed by atoms with E-state index in [1.54, 1.807) is 0 Å². The SMILES string of the molecule is [CH2]CCCc1cc(OCCCCCCCCCCCCCCCCCCCCCCC)cc(OCCCCCCCCCCCCCCCCCCCCCCC)c1. The minimum Gasteiger partial charge on any atom is -0.493 e. The van der Waals surface area contributed by atoms with E-state index < -0.39 is 0 Å². The molecule has 58 heavy (non-hydrogen) atoms. The fraction of sp³-hybridized carbons (Fsp3) is 0.875. The molecule has 0 saturated heterocycles. The molecule has 0 atom stereocenters. The van der Waals surface area contributed by atoms with Gasteiger partial charge >= 0.3 is 0 Å². The molecule has 1 aromatic rings. The van der Waals surface area contributed by atoms with Crippen molar-refractivity contribution in [2.45, 2.75) is 303 Å². The Labute approximate surface area is 366 Å². The van der Waals surface area contributed by atoms with Gasteiger partial charge in [-0.15, -0.1) is 0 Å². The van der Waals surface area contributed by atoms with Crippen LogP contribution in [0.3, 0.4) is 0 Å². The highest BCUT2D eigenvalue weighted by Gasteiger charge is 2.05. The van der Waals surface area contributed by atoms with Crippen molar-refractivity contribution in [1.82, 2.24) is 0 Å². The molecule has 0 unspecified atom stereocenters.